The molecular formula is C12H21N5. The van der Waals surface area contributed by atoms with Gasteiger partial charge in [-0.2, -0.15) is 10.4 Å². The van der Waals surface area contributed by atoms with E-state index in [-0.39, 0.29) is 5.41 Å². The summed E-state index contributed by atoms with van der Waals surface area (Å²) >= 11 is 0. The second kappa shape index (κ2) is 6.36. The van der Waals surface area contributed by atoms with Crippen LogP contribution in [0, 0.1) is 16.7 Å². The largest absolute Gasteiger partial charge is 0.310 e. The first kappa shape index (κ1) is 13.7. The quantitative estimate of drug-likeness (QED) is 0.729. The fraction of sp³-hybridized carbons (Fsp3) is 0.750. The number of rotatable bonds is 7. The van der Waals surface area contributed by atoms with E-state index in [1.165, 1.54) is 0 Å². The topological polar surface area (TPSA) is 66.5 Å². The number of nitrogens with one attached hydrogen (secondary N) is 1. The molecule has 0 aliphatic rings. The van der Waals surface area contributed by atoms with E-state index in [0.29, 0.717) is 6.54 Å². The monoisotopic (exact) mass is 235 g/mol. The lowest BCUT2D eigenvalue weighted by atomic mass is 9.89. The average molecular weight is 235 g/mol. The lowest BCUT2D eigenvalue weighted by Crippen LogP contribution is -2.16. The zero-order chi connectivity index (χ0) is 12.7. The fourth-order valence-electron chi connectivity index (χ4n) is 1.54. The molecule has 17 heavy (non-hydrogen) atoms. The Morgan fingerprint density at radius 2 is 2.24 bits per heavy atom. The van der Waals surface area contributed by atoms with Gasteiger partial charge in [0.15, 0.2) is 5.82 Å². The Kier molecular flexibility index (Phi) is 5.11. The van der Waals surface area contributed by atoms with Crippen molar-refractivity contribution >= 4 is 0 Å². The summed E-state index contributed by atoms with van der Waals surface area (Å²) in [5, 5.41) is 16.3. The minimum Gasteiger partial charge on any atom is -0.310 e. The van der Waals surface area contributed by atoms with Gasteiger partial charge in [0.2, 0.25) is 0 Å². The van der Waals surface area contributed by atoms with Crippen molar-refractivity contribution in [3.05, 3.63) is 12.2 Å². The molecule has 94 valence electrons. The van der Waals surface area contributed by atoms with Crippen LogP contribution in [0.1, 0.15) is 38.9 Å². The van der Waals surface area contributed by atoms with Crippen LogP contribution >= 0.6 is 0 Å². The molecule has 0 saturated heterocycles. The maximum atomic E-state index is 8.86. The van der Waals surface area contributed by atoms with Crippen LogP contribution in [0.25, 0.3) is 0 Å². The molecule has 0 fully saturated rings. The molecule has 0 aromatic carbocycles. The van der Waals surface area contributed by atoms with Crippen molar-refractivity contribution in [2.75, 3.05) is 6.54 Å². The van der Waals surface area contributed by atoms with Crippen LogP contribution in [0.5, 0.6) is 0 Å². The number of nitrogens with zero attached hydrogens (tertiary/aromatic N) is 4. The highest BCUT2D eigenvalue weighted by atomic mass is 15.3. The molecular weight excluding hydrogens is 214 g/mol. The standard InChI is InChI=1S/C12H21N5/c1-12(2,9-13)6-4-5-7-14-8-11-15-10-17(3)16-11/h10,14H,4-8H2,1-3H3. The third-order valence-corrected chi connectivity index (χ3v) is 2.64. The van der Waals surface area contributed by atoms with E-state index < -0.39 is 0 Å². The van der Waals surface area contributed by atoms with Gasteiger partial charge in [0.05, 0.1) is 18.0 Å². The molecule has 1 aromatic heterocycles. The summed E-state index contributed by atoms with van der Waals surface area (Å²) in [4.78, 5) is 4.13. The van der Waals surface area contributed by atoms with Crippen molar-refractivity contribution in [2.45, 2.75) is 39.7 Å². The molecule has 5 nitrogen and oxygen atoms in total. The molecule has 0 unspecified atom stereocenters. The molecule has 0 atom stereocenters. The Labute approximate surface area is 103 Å². The summed E-state index contributed by atoms with van der Waals surface area (Å²) in [5.74, 6) is 0.824. The van der Waals surface area contributed by atoms with Crippen LogP contribution in [0.15, 0.2) is 6.33 Å². The van der Waals surface area contributed by atoms with Crippen LogP contribution in [-0.2, 0) is 13.6 Å². The van der Waals surface area contributed by atoms with Gasteiger partial charge in [-0.15, -0.1) is 0 Å². The first-order valence-electron chi connectivity index (χ1n) is 6.00. The van der Waals surface area contributed by atoms with Crippen molar-refractivity contribution in [3.8, 4) is 6.07 Å². The summed E-state index contributed by atoms with van der Waals surface area (Å²) < 4.78 is 1.70. The van der Waals surface area contributed by atoms with E-state index in [4.69, 9.17) is 5.26 Å². The highest BCUT2D eigenvalue weighted by Crippen LogP contribution is 2.21. The summed E-state index contributed by atoms with van der Waals surface area (Å²) in [5.41, 5.74) is -0.192. The van der Waals surface area contributed by atoms with E-state index >= 15 is 0 Å². The molecule has 1 rings (SSSR count). The van der Waals surface area contributed by atoms with Gasteiger partial charge in [-0.05, 0) is 33.2 Å². The van der Waals surface area contributed by atoms with Crippen molar-refractivity contribution in [2.24, 2.45) is 12.5 Å². The Morgan fingerprint density at radius 3 is 2.82 bits per heavy atom. The maximum absolute atomic E-state index is 8.86. The lowest BCUT2D eigenvalue weighted by Gasteiger charge is -2.14. The summed E-state index contributed by atoms with van der Waals surface area (Å²) in [6.07, 6.45) is 4.81. The van der Waals surface area contributed by atoms with E-state index in [1.807, 2.05) is 20.9 Å². The first-order chi connectivity index (χ1) is 8.03. The number of aromatic nitrogens is 3. The van der Waals surface area contributed by atoms with Gasteiger partial charge in [0, 0.05) is 7.05 Å². The Balaban J connectivity index is 2.04. The fourth-order valence-corrected chi connectivity index (χ4v) is 1.54. The SMILES string of the molecule is Cn1cnc(CNCCCCC(C)(C)C#N)n1. The molecule has 0 aliphatic heterocycles. The molecule has 1 N–H and O–H groups in total. The highest BCUT2D eigenvalue weighted by molar-refractivity contribution is 4.91. The molecule has 0 aliphatic carbocycles. The van der Waals surface area contributed by atoms with Crippen molar-refractivity contribution in [1.82, 2.24) is 20.1 Å². The van der Waals surface area contributed by atoms with Gasteiger partial charge >= 0.3 is 0 Å². The van der Waals surface area contributed by atoms with Crippen molar-refractivity contribution in [3.63, 3.8) is 0 Å². The van der Waals surface area contributed by atoms with E-state index in [2.05, 4.69) is 21.5 Å². The zero-order valence-electron chi connectivity index (χ0n) is 10.9. The van der Waals surface area contributed by atoms with Gasteiger partial charge in [-0.1, -0.05) is 6.42 Å². The van der Waals surface area contributed by atoms with Gasteiger partial charge in [-0.3, -0.25) is 4.68 Å². The molecule has 1 aromatic rings. The van der Waals surface area contributed by atoms with E-state index in [9.17, 15) is 0 Å². The van der Waals surface area contributed by atoms with Crippen LogP contribution in [0.3, 0.4) is 0 Å². The second-order valence-corrected chi connectivity index (χ2v) is 4.96. The maximum Gasteiger partial charge on any atom is 0.164 e. The lowest BCUT2D eigenvalue weighted by molar-refractivity contribution is 0.422. The molecule has 0 bridgehead atoms. The molecule has 0 radical (unpaired) electrons. The summed E-state index contributed by atoms with van der Waals surface area (Å²) in [7, 11) is 1.86. The minimum atomic E-state index is -0.192. The van der Waals surface area contributed by atoms with Crippen LogP contribution < -0.4 is 5.32 Å². The smallest absolute Gasteiger partial charge is 0.164 e. The predicted octanol–water partition coefficient (Wildman–Crippen LogP) is 1.62. The number of hydrogen-bond donors (Lipinski definition) is 1. The zero-order valence-corrected chi connectivity index (χ0v) is 10.9. The van der Waals surface area contributed by atoms with Crippen LogP contribution in [0.2, 0.25) is 0 Å². The van der Waals surface area contributed by atoms with E-state index in [0.717, 1.165) is 31.6 Å². The van der Waals surface area contributed by atoms with Crippen LogP contribution in [-0.4, -0.2) is 21.3 Å². The molecule has 1 heterocycles. The third kappa shape index (κ3) is 5.45. The molecule has 0 amide bonds. The number of hydrogen-bond acceptors (Lipinski definition) is 4. The van der Waals surface area contributed by atoms with Gasteiger partial charge in [0.25, 0.3) is 0 Å². The predicted molar refractivity (Wildman–Crippen MR) is 66.0 cm³/mol. The number of unbranched alkanes of at least 4 members (excludes halogenated alkanes) is 1. The Morgan fingerprint density at radius 1 is 1.47 bits per heavy atom. The first-order valence-corrected chi connectivity index (χ1v) is 6.00. The number of nitriles is 1. The summed E-state index contributed by atoms with van der Waals surface area (Å²) in [6, 6.07) is 2.32. The van der Waals surface area contributed by atoms with Gasteiger partial charge in [-0.25, -0.2) is 4.98 Å². The normalized spacial score (nSPS) is 11.4. The van der Waals surface area contributed by atoms with Gasteiger partial charge < -0.3 is 5.32 Å². The second-order valence-electron chi connectivity index (χ2n) is 4.96. The number of aryl methyl sites for hydroxylation is 1. The van der Waals surface area contributed by atoms with Crippen LogP contribution in [0.4, 0.5) is 0 Å². The Hall–Kier alpha value is -1.41. The van der Waals surface area contributed by atoms with E-state index in [1.54, 1.807) is 11.0 Å². The average Bonchev–Trinajstić information content (AvgIpc) is 2.69. The molecule has 5 heteroatoms. The summed E-state index contributed by atoms with van der Waals surface area (Å²) in [6.45, 7) is 5.62. The minimum absolute atomic E-state index is 0.192. The molecule has 0 saturated carbocycles. The highest BCUT2D eigenvalue weighted by Gasteiger charge is 2.15. The Bertz CT molecular complexity index is 374. The molecule has 0 spiro atoms. The van der Waals surface area contributed by atoms with Crippen molar-refractivity contribution < 1.29 is 0 Å². The third-order valence-electron chi connectivity index (χ3n) is 2.64. The van der Waals surface area contributed by atoms with Crippen molar-refractivity contribution in [1.29, 1.82) is 5.26 Å². The van der Waals surface area contributed by atoms with Gasteiger partial charge in [0.1, 0.15) is 6.33 Å².